The first-order chi connectivity index (χ1) is 14.8. The fraction of sp³-hybridized carbons (Fsp3) is 0.375. The third-order valence-electron chi connectivity index (χ3n) is 5.02. The molecule has 2 rings (SSSR count). The number of hydrogen-bond donors (Lipinski definition) is 3. The minimum absolute atomic E-state index is 0.0821. The van der Waals surface area contributed by atoms with Gasteiger partial charge in [0.15, 0.2) is 0 Å². The predicted molar refractivity (Wildman–Crippen MR) is 119 cm³/mol. The molecule has 0 unspecified atom stereocenters. The Hall–Kier alpha value is -3.19. The van der Waals surface area contributed by atoms with Crippen LogP contribution in [0.5, 0.6) is 0 Å². The van der Waals surface area contributed by atoms with Crippen molar-refractivity contribution in [2.75, 3.05) is 7.11 Å². The van der Waals surface area contributed by atoms with Crippen LogP contribution in [0.1, 0.15) is 25.0 Å². The summed E-state index contributed by atoms with van der Waals surface area (Å²) in [5.74, 6) is -1.52. The lowest BCUT2D eigenvalue weighted by molar-refractivity contribution is -0.145. The zero-order chi connectivity index (χ0) is 22.8. The minimum Gasteiger partial charge on any atom is -0.467 e. The van der Waals surface area contributed by atoms with Crippen LogP contribution in [0.3, 0.4) is 0 Å². The van der Waals surface area contributed by atoms with Crippen molar-refractivity contribution in [1.29, 1.82) is 0 Å². The molecular weight excluding hydrogens is 394 g/mol. The van der Waals surface area contributed by atoms with Crippen molar-refractivity contribution >= 4 is 17.8 Å². The Kier molecular flexibility index (Phi) is 9.21. The molecule has 0 fully saturated rings. The number of amides is 2. The molecule has 0 aliphatic rings. The Labute approximate surface area is 183 Å². The maximum atomic E-state index is 13.1. The molecule has 0 aliphatic heterocycles. The lowest BCUT2D eigenvalue weighted by atomic mass is 10.0. The smallest absolute Gasteiger partial charge is 0.328 e. The summed E-state index contributed by atoms with van der Waals surface area (Å²) < 4.78 is 4.87. The molecule has 0 aromatic heterocycles. The van der Waals surface area contributed by atoms with Crippen molar-refractivity contribution in [3.05, 3.63) is 71.8 Å². The largest absolute Gasteiger partial charge is 0.467 e. The number of hydrogen-bond acceptors (Lipinski definition) is 5. The van der Waals surface area contributed by atoms with E-state index in [0.717, 1.165) is 11.1 Å². The summed E-state index contributed by atoms with van der Waals surface area (Å²) in [4.78, 5) is 38.0. The van der Waals surface area contributed by atoms with Gasteiger partial charge in [0.1, 0.15) is 12.1 Å². The molecule has 7 heteroatoms. The average Bonchev–Trinajstić information content (AvgIpc) is 2.78. The van der Waals surface area contributed by atoms with Crippen molar-refractivity contribution in [3.8, 4) is 0 Å². The summed E-state index contributed by atoms with van der Waals surface area (Å²) >= 11 is 0. The Bertz CT molecular complexity index is 856. The molecule has 2 amide bonds. The molecule has 166 valence electrons. The third-order valence-corrected chi connectivity index (χ3v) is 5.02. The van der Waals surface area contributed by atoms with Gasteiger partial charge in [-0.2, -0.15) is 0 Å². The summed E-state index contributed by atoms with van der Waals surface area (Å²) in [7, 11) is 1.28. The highest BCUT2D eigenvalue weighted by Crippen LogP contribution is 2.08. The number of methoxy groups -OCH3 is 1. The quantitative estimate of drug-likeness (QED) is 0.501. The molecule has 4 N–H and O–H groups in total. The van der Waals surface area contributed by atoms with Gasteiger partial charge in [-0.15, -0.1) is 0 Å². The monoisotopic (exact) mass is 425 g/mol. The van der Waals surface area contributed by atoms with E-state index in [1.54, 1.807) is 0 Å². The van der Waals surface area contributed by atoms with E-state index in [1.807, 2.05) is 74.5 Å². The van der Waals surface area contributed by atoms with Gasteiger partial charge >= 0.3 is 5.97 Å². The van der Waals surface area contributed by atoms with Crippen LogP contribution in [0, 0.1) is 5.92 Å². The second kappa shape index (κ2) is 11.9. The van der Waals surface area contributed by atoms with Gasteiger partial charge in [0.2, 0.25) is 11.8 Å². The second-order valence-electron chi connectivity index (χ2n) is 7.79. The van der Waals surface area contributed by atoms with Gasteiger partial charge in [-0.3, -0.25) is 9.59 Å². The fourth-order valence-corrected chi connectivity index (χ4v) is 3.09. The average molecular weight is 426 g/mol. The van der Waals surface area contributed by atoms with E-state index in [2.05, 4.69) is 10.6 Å². The molecule has 0 bridgehead atoms. The minimum atomic E-state index is -0.886. The number of nitrogens with one attached hydrogen (secondary N) is 2. The molecule has 31 heavy (non-hydrogen) atoms. The van der Waals surface area contributed by atoms with E-state index in [9.17, 15) is 14.4 Å². The van der Waals surface area contributed by atoms with Gasteiger partial charge in [-0.05, 0) is 17.0 Å². The van der Waals surface area contributed by atoms with Crippen LogP contribution in [0.2, 0.25) is 0 Å². The second-order valence-corrected chi connectivity index (χ2v) is 7.79. The van der Waals surface area contributed by atoms with Crippen molar-refractivity contribution in [2.24, 2.45) is 11.7 Å². The Morgan fingerprint density at radius 2 is 1.26 bits per heavy atom. The zero-order valence-electron chi connectivity index (χ0n) is 18.2. The van der Waals surface area contributed by atoms with Crippen LogP contribution in [-0.4, -0.2) is 43.0 Å². The molecule has 0 saturated heterocycles. The van der Waals surface area contributed by atoms with Crippen LogP contribution in [0.15, 0.2) is 60.7 Å². The standard InChI is InChI=1S/C24H31N3O4/c1-16(2)21(25)23(29)26-19(14-17-10-6-4-7-11-17)22(28)27-20(24(30)31-3)15-18-12-8-5-9-13-18/h4-13,16,19-21H,14-15,25H2,1-3H3,(H,26,29)(H,27,28)/t19-,20+,21+/m1/s1. The predicted octanol–water partition coefficient (Wildman–Crippen LogP) is 1.60. The molecule has 0 saturated carbocycles. The first-order valence-corrected chi connectivity index (χ1v) is 10.3. The summed E-state index contributed by atoms with van der Waals surface area (Å²) in [6.45, 7) is 3.67. The zero-order valence-corrected chi connectivity index (χ0v) is 18.2. The van der Waals surface area contributed by atoms with Gasteiger partial charge < -0.3 is 21.1 Å². The summed E-state index contributed by atoms with van der Waals surface area (Å²) in [5, 5.41) is 5.49. The van der Waals surface area contributed by atoms with E-state index in [0.29, 0.717) is 0 Å². The maximum Gasteiger partial charge on any atom is 0.328 e. The Balaban J connectivity index is 2.19. The summed E-state index contributed by atoms with van der Waals surface area (Å²) in [5.41, 5.74) is 7.71. The van der Waals surface area contributed by atoms with Gasteiger partial charge in [-0.25, -0.2) is 4.79 Å². The van der Waals surface area contributed by atoms with Gasteiger partial charge in [0.25, 0.3) is 0 Å². The lowest BCUT2D eigenvalue weighted by Crippen LogP contribution is -2.56. The number of rotatable bonds is 10. The lowest BCUT2D eigenvalue weighted by Gasteiger charge is -2.24. The number of carbonyl (C=O) groups excluding carboxylic acids is 3. The van der Waals surface area contributed by atoms with E-state index < -0.39 is 35.9 Å². The van der Waals surface area contributed by atoms with Crippen LogP contribution in [-0.2, 0) is 32.0 Å². The third kappa shape index (κ3) is 7.53. The summed E-state index contributed by atoms with van der Waals surface area (Å²) in [6, 6.07) is 16.2. The molecule has 2 aromatic rings. The van der Waals surface area contributed by atoms with Crippen molar-refractivity contribution in [3.63, 3.8) is 0 Å². The molecule has 0 aliphatic carbocycles. The van der Waals surface area contributed by atoms with E-state index in [4.69, 9.17) is 10.5 Å². The highest BCUT2D eigenvalue weighted by atomic mass is 16.5. The van der Waals surface area contributed by atoms with Crippen molar-refractivity contribution in [1.82, 2.24) is 10.6 Å². The fourth-order valence-electron chi connectivity index (χ4n) is 3.09. The van der Waals surface area contributed by atoms with Gasteiger partial charge in [0.05, 0.1) is 13.2 Å². The molecule has 3 atom stereocenters. The highest BCUT2D eigenvalue weighted by molar-refractivity contribution is 5.92. The van der Waals surface area contributed by atoms with E-state index in [-0.39, 0.29) is 18.8 Å². The maximum absolute atomic E-state index is 13.1. The number of ether oxygens (including phenoxy) is 1. The van der Waals surface area contributed by atoms with Crippen LogP contribution in [0.25, 0.3) is 0 Å². The van der Waals surface area contributed by atoms with Crippen molar-refractivity contribution < 1.29 is 19.1 Å². The van der Waals surface area contributed by atoms with Gasteiger partial charge in [-0.1, -0.05) is 74.5 Å². The topological polar surface area (TPSA) is 111 Å². The van der Waals surface area contributed by atoms with Crippen molar-refractivity contribution in [2.45, 2.75) is 44.8 Å². The first-order valence-electron chi connectivity index (χ1n) is 10.3. The van der Waals surface area contributed by atoms with Crippen LogP contribution < -0.4 is 16.4 Å². The highest BCUT2D eigenvalue weighted by Gasteiger charge is 2.29. The van der Waals surface area contributed by atoms with Gasteiger partial charge in [0, 0.05) is 12.8 Å². The molecule has 7 nitrogen and oxygen atoms in total. The normalized spacial score (nSPS) is 13.7. The molecular formula is C24H31N3O4. The first kappa shape index (κ1) is 24.1. The Morgan fingerprint density at radius 3 is 1.71 bits per heavy atom. The number of nitrogens with two attached hydrogens (primary N) is 1. The number of benzene rings is 2. The van der Waals surface area contributed by atoms with E-state index >= 15 is 0 Å². The van der Waals surface area contributed by atoms with E-state index in [1.165, 1.54) is 7.11 Å². The summed E-state index contributed by atoms with van der Waals surface area (Å²) in [6.07, 6.45) is 0.541. The molecule has 2 aromatic carbocycles. The molecule has 0 heterocycles. The number of esters is 1. The van der Waals surface area contributed by atoms with Crippen LogP contribution in [0.4, 0.5) is 0 Å². The number of carbonyl (C=O) groups is 3. The molecule has 0 spiro atoms. The SMILES string of the molecule is COC(=O)[C@H](Cc1ccccc1)NC(=O)[C@@H](Cc1ccccc1)NC(=O)[C@@H](N)C(C)C. The Morgan fingerprint density at radius 1 is 0.806 bits per heavy atom. The molecule has 0 radical (unpaired) electrons. The van der Waals surface area contributed by atoms with Crippen LogP contribution >= 0.6 is 0 Å².